The van der Waals surface area contributed by atoms with Crippen LogP contribution in [-0.4, -0.2) is 38.0 Å². The van der Waals surface area contributed by atoms with Gasteiger partial charge >= 0.3 is 5.97 Å². The zero-order valence-electron chi connectivity index (χ0n) is 23.6. The second-order valence-electron chi connectivity index (χ2n) is 12.0. The summed E-state index contributed by atoms with van der Waals surface area (Å²) >= 11 is 0. The maximum atomic E-state index is 11.9. The van der Waals surface area contributed by atoms with E-state index in [-0.39, 0.29) is 18.2 Å². The van der Waals surface area contributed by atoms with E-state index in [2.05, 4.69) is 13.8 Å². The highest BCUT2D eigenvalue weighted by Gasteiger charge is 2.31. The highest BCUT2D eigenvalue weighted by Crippen LogP contribution is 2.42. The fourth-order valence-corrected chi connectivity index (χ4v) is 6.64. The van der Waals surface area contributed by atoms with Crippen LogP contribution in [0.4, 0.5) is 0 Å². The molecule has 0 aliphatic heterocycles. The summed E-state index contributed by atoms with van der Waals surface area (Å²) in [7, 11) is 0. The normalized spacial score (nSPS) is 31.3. The van der Waals surface area contributed by atoms with E-state index in [1.54, 1.807) is 0 Å². The fourth-order valence-electron chi connectivity index (χ4n) is 6.64. The van der Waals surface area contributed by atoms with Gasteiger partial charge in [0.2, 0.25) is 0 Å². The molecule has 0 saturated heterocycles. The van der Waals surface area contributed by atoms with Crippen LogP contribution in [0, 0.1) is 23.7 Å². The van der Waals surface area contributed by atoms with Crippen LogP contribution < -0.4 is 0 Å². The number of unbranched alkanes of at least 4 members (excludes halogenated alkanes) is 3. The van der Waals surface area contributed by atoms with E-state index in [0.29, 0.717) is 13.0 Å². The van der Waals surface area contributed by atoms with Crippen LogP contribution in [0.2, 0.25) is 0 Å². The molecule has 0 amide bonds. The zero-order chi connectivity index (χ0) is 25.4. The first-order chi connectivity index (χ1) is 17.7. The SMILES string of the molecule is CCCCCC(=O)OC1CCC(OOCCC2CCC(C3CCC(COCCCC)CC3)CC2)CC1. The molecule has 3 aliphatic carbocycles. The van der Waals surface area contributed by atoms with Gasteiger partial charge in [0.15, 0.2) is 0 Å². The second-order valence-corrected chi connectivity index (χ2v) is 12.0. The van der Waals surface area contributed by atoms with Crippen LogP contribution in [0.1, 0.15) is 136 Å². The van der Waals surface area contributed by atoms with Crippen molar-refractivity contribution in [3.05, 3.63) is 0 Å². The number of rotatable bonds is 16. The summed E-state index contributed by atoms with van der Waals surface area (Å²) in [6.45, 7) is 7.04. The van der Waals surface area contributed by atoms with Crippen molar-refractivity contribution in [2.75, 3.05) is 19.8 Å². The highest BCUT2D eigenvalue weighted by atomic mass is 17.2. The van der Waals surface area contributed by atoms with Gasteiger partial charge in [-0.2, -0.15) is 0 Å². The monoisotopic (exact) mass is 508 g/mol. The Hall–Kier alpha value is -0.650. The summed E-state index contributed by atoms with van der Waals surface area (Å²) in [4.78, 5) is 23.3. The largest absolute Gasteiger partial charge is 0.462 e. The molecule has 3 rings (SSSR count). The summed E-state index contributed by atoms with van der Waals surface area (Å²) in [6.07, 6.45) is 22.3. The Morgan fingerprint density at radius 2 is 1.28 bits per heavy atom. The van der Waals surface area contributed by atoms with Crippen LogP contribution in [-0.2, 0) is 24.0 Å². The van der Waals surface area contributed by atoms with E-state index < -0.39 is 0 Å². The zero-order valence-corrected chi connectivity index (χ0v) is 23.6. The van der Waals surface area contributed by atoms with Crippen molar-refractivity contribution >= 4 is 5.97 Å². The molecular formula is C31H56O5. The number of hydrogen-bond donors (Lipinski definition) is 0. The lowest BCUT2D eigenvalue weighted by Crippen LogP contribution is -2.29. The van der Waals surface area contributed by atoms with Gasteiger partial charge in [-0.1, -0.05) is 46.0 Å². The molecule has 36 heavy (non-hydrogen) atoms. The van der Waals surface area contributed by atoms with E-state index in [0.717, 1.165) is 88.3 Å². The Morgan fingerprint density at radius 3 is 1.92 bits per heavy atom. The van der Waals surface area contributed by atoms with Crippen molar-refractivity contribution in [2.24, 2.45) is 23.7 Å². The van der Waals surface area contributed by atoms with Gasteiger partial charge in [0.1, 0.15) is 6.10 Å². The van der Waals surface area contributed by atoms with Crippen molar-refractivity contribution in [3.63, 3.8) is 0 Å². The molecule has 0 spiro atoms. The molecule has 5 nitrogen and oxygen atoms in total. The van der Waals surface area contributed by atoms with Crippen molar-refractivity contribution in [1.82, 2.24) is 0 Å². The minimum atomic E-state index is -0.0288. The predicted octanol–water partition coefficient (Wildman–Crippen LogP) is 8.19. The van der Waals surface area contributed by atoms with E-state index >= 15 is 0 Å². The van der Waals surface area contributed by atoms with Crippen molar-refractivity contribution in [2.45, 2.75) is 148 Å². The summed E-state index contributed by atoms with van der Waals surface area (Å²) in [6, 6.07) is 0. The molecule has 0 aromatic heterocycles. The number of ether oxygens (including phenoxy) is 2. The molecule has 210 valence electrons. The van der Waals surface area contributed by atoms with Gasteiger partial charge in [0.25, 0.3) is 0 Å². The van der Waals surface area contributed by atoms with E-state index in [1.165, 1.54) is 64.2 Å². The Kier molecular flexibility index (Phi) is 14.8. The molecule has 0 heterocycles. The van der Waals surface area contributed by atoms with Gasteiger partial charge in [-0.05, 0) is 107 Å². The first-order valence-electron chi connectivity index (χ1n) is 15.7. The fraction of sp³-hybridized carbons (Fsp3) is 0.968. The van der Waals surface area contributed by atoms with E-state index in [1.807, 2.05) is 0 Å². The molecule has 0 unspecified atom stereocenters. The summed E-state index contributed by atoms with van der Waals surface area (Å²) in [5.41, 5.74) is 0. The number of esters is 1. The van der Waals surface area contributed by atoms with Crippen LogP contribution in [0.3, 0.4) is 0 Å². The van der Waals surface area contributed by atoms with Gasteiger partial charge in [0.05, 0.1) is 12.7 Å². The lowest BCUT2D eigenvalue weighted by molar-refractivity contribution is -0.331. The van der Waals surface area contributed by atoms with Gasteiger partial charge < -0.3 is 9.47 Å². The lowest BCUT2D eigenvalue weighted by Gasteiger charge is -2.37. The van der Waals surface area contributed by atoms with Gasteiger partial charge in [0, 0.05) is 19.6 Å². The van der Waals surface area contributed by atoms with E-state index in [4.69, 9.17) is 19.2 Å². The Bertz CT molecular complexity index is 557. The third-order valence-corrected chi connectivity index (χ3v) is 9.16. The van der Waals surface area contributed by atoms with Crippen LogP contribution in [0.5, 0.6) is 0 Å². The van der Waals surface area contributed by atoms with E-state index in [9.17, 15) is 4.79 Å². The molecule has 0 radical (unpaired) electrons. The summed E-state index contributed by atoms with van der Waals surface area (Å²) in [5.74, 6) is 3.50. The minimum absolute atomic E-state index is 0.0288. The lowest BCUT2D eigenvalue weighted by atomic mass is 9.69. The third kappa shape index (κ3) is 11.4. The number of carbonyl (C=O) groups is 1. The quantitative estimate of drug-likeness (QED) is 0.0910. The molecule has 0 N–H and O–H groups in total. The Labute approximate surface area is 221 Å². The molecular weight excluding hydrogens is 452 g/mol. The molecule has 0 aromatic rings. The molecule has 3 saturated carbocycles. The smallest absolute Gasteiger partial charge is 0.306 e. The molecule has 3 aliphatic rings. The molecule has 0 atom stereocenters. The molecule has 0 aromatic carbocycles. The van der Waals surface area contributed by atoms with Gasteiger partial charge in [-0.15, -0.1) is 0 Å². The second kappa shape index (κ2) is 17.8. The predicted molar refractivity (Wildman–Crippen MR) is 145 cm³/mol. The maximum Gasteiger partial charge on any atom is 0.306 e. The van der Waals surface area contributed by atoms with Crippen molar-refractivity contribution < 1.29 is 24.0 Å². The number of hydrogen-bond acceptors (Lipinski definition) is 5. The molecule has 5 heteroatoms. The topological polar surface area (TPSA) is 54.0 Å². The molecule has 3 fully saturated rings. The average Bonchev–Trinajstić information content (AvgIpc) is 2.91. The maximum absolute atomic E-state index is 11.9. The average molecular weight is 509 g/mol. The standard InChI is InChI=1S/C31H56O5/c1-3-5-7-8-31(32)35-29-17-19-30(20-18-29)36-34-23-21-25-9-13-27(14-10-25)28-15-11-26(12-16-28)24-33-22-6-4-2/h25-30H,3-24H2,1-2H3. The minimum Gasteiger partial charge on any atom is -0.462 e. The third-order valence-electron chi connectivity index (χ3n) is 9.16. The van der Waals surface area contributed by atoms with Gasteiger partial charge in [-0.3, -0.25) is 4.79 Å². The Balaban J connectivity index is 1.16. The summed E-state index contributed by atoms with van der Waals surface area (Å²) < 4.78 is 11.5. The van der Waals surface area contributed by atoms with Crippen LogP contribution in [0.15, 0.2) is 0 Å². The van der Waals surface area contributed by atoms with Crippen LogP contribution in [0.25, 0.3) is 0 Å². The van der Waals surface area contributed by atoms with Crippen molar-refractivity contribution in [1.29, 1.82) is 0 Å². The van der Waals surface area contributed by atoms with Gasteiger partial charge in [-0.25, -0.2) is 9.78 Å². The first-order valence-corrected chi connectivity index (χ1v) is 15.7. The molecule has 0 bridgehead atoms. The van der Waals surface area contributed by atoms with Crippen LogP contribution >= 0.6 is 0 Å². The first kappa shape index (κ1) is 29.9. The van der Waals surface area contributed by atoms with Crippen molar-refractivity contribution in [3.8, 4) is 0 Å². The highest BCUT2D eigenvalue weighted by molar-refractivity contribution is 5.69. The Morgan fingerprint density at radius 1 is 0.667 bits per heavy atom. The number of carbonyl (C=O) groups excluding carboxylic acids is 1. The summed E-state index contributed by atoms with van der Waals surface area (Å²) in [5, 5.41) is 0.